The molecule has 1 aliphatic heterocycles. The first-order valence-corrected chi connectivity index (χ1v) is 9.05. The van der Waals surface area contributed by atoms with Crippen LogP contribution in [0.4, 0.5) is 5.69 Å². The first-order valence-electron chi connectivity index (χ1n) is 7.97. The number of benzene rings is 2. The fraction of sp³-hybridized carbons (Fsp3) is 0.263. The summed E-state index contributed by atoms with van der Waals surface area (Å²) in [5, 5.41) is 0. The van der Waals surface area contributed by atoms with Crippen molar-refractivity contribution in [1.29, 1.82) is 0 Å². The topological polar surface area (TPSA) is 40.6 Å². The van der Waals surface area contributed by atoms with Crippen molar-refractivity contribution < 1.29 is 9.59 Å². The number of hydrogen-bond acceptors (Lipinski definition) is 2. The van der Waals surface area contributed by atoms with Crippen LogP contribution in [-0.2, 0) is 4.79 Å². The van der Waals surface area contributed by atoms with Gasteiger partial charge >= 0.3 is 0 Å². The summed E-state index contributed by atoms with van der Waals surface area (Å²) in [5.41, 5.74) is 1.51. The van der Waals surface area contributed by atoms with Crippen molar-refractivity contribution in [3.63, 3.8) is 0 Å². The summed E-state index contributed by atoms with van der Waals surface area (Å²) < 4.78 is 1.02. The normalized spacial score (nSPS) is 16.9. The lowest BCUT2D eigenvalue weighted by Crippen LogP contribution is -2.46. The van der Waals surface area contributed by atoms with Crippen LogP contribution < -0.4 is 4.90 Å². The average molecular weight is 434 g/mol. The molecule has 4 nitrogen and oxygen atoms in total. The summed E-state index contributed by atoms with van der Waals surface area (Å²) in [7, 11) is 1.78. The Morgan fingerprint density at radius 2 is 1.75 bits per heavy atom. The number of nitrogens with zero attached hydrogens (tertiary/aromatic N) is 2. The SMILES string of the molecule is CN(C(=O)[C@@H]1CCCN1C(=O)c1ccccc1)c1ccccc1I. The van der Waals surface area contributed by atoms with Crippen molar-refractivity contribution in [1.82, 2.24) is 4.90 Å². The molecule has 5 heteroatoms. The van der Waals surface area contributed by atoms with Crippen LogP contribution in [-0.4, -0.2) is 36.3 Å². The summed E-state index contributed by atoms with van der Waals surface area (Å²) in [6, 6.07) is 16.6. The monoisotopic (exact) mass is 434 g/mol. The molecule has 1 heterocycles. The fourth-order valence-electron chi connectivity index (χ4n) is 3.08. The highest BCUT2D eigenvalue weighted by Crippen LogP contribution is 2.26. The van der Waals surface area contributed by atoms with E-state index in [0.29, 0.717) is 18.5 Å². The molecule has 0 unspecified atom stereocenters. The maximum atomic E-state index is 13.0. The Morgan fingerprint density at radius 1 is 1.08 bits per heavy atom. The largest absolute Gasteiger partial charge is 0.327 e. The molecule has 0 aliphatic carbocycles. The molecule has 1 aliphatic rings. The summed E-state index contributed by atoms with van der Waals surface area (Å²) in [6.07, 6.45) is 1.57. The van der Waals surface area contributed by atoms with Crippen molar-refractivity contribution in [3.8, 4) is 0 Å². The van der Waals surface area contributed by atoms with Crippen molar-refractivity contribution in [2.75, 3.05) is 18.5 Å². The zero-order chi connectivity index (χ0) is 17.1. The molecule has 3 rings (SSSR count). The van der Waals surface area contributed by atoms with Crippen LogP contribution in [0.5, 0.6) is 0 Å². The molecular formula is C19H19IN2O2. The number of rotatable bonds is 3. The van der Waals surface area contributed by atoms with Gasteiger partial charge in [0.2, 0.25) is 5.91 Å². The zero-order valence-electron chi connectivity index (χ0n) is 13.5. The number of likely N-dealkylation sites (tertiary alicyclic amines) is 1. The van der Waals surface area contributed by atoms with E-state index >= 15 is 0 Å². The number of carbonyl (C=O) groups is 2. The predicted octanol–water partition coefficient (Wildman–Crippen LogP) is 3.56. The van der Waals surface area contributed by atoms with E-state index < -0.39 is 6.04 Å². The summed E-state index contributed by atoms with van der Waals surface area (Å²) in [6.45, 7) is 0.629. The van der Waals surface area contributed by atoms with Crippen molar-refractivity contribution >= 4 is 40.1 Å². The number of likely N-dealkylation sites (N-methyl/N-ethyl adjacent to an activating group) is 1. The molecule has 2 amide bonds. The molecule has 0 N–H and O–H groups in total. The second kappa shape index (κ2) is 7.34. The molecule has 0 saturated carbocycles. The van der Waals surface area contributed by atoms with Gasteiger partial charge in [0.25, 0.3) is 5.91 Å². The first kappa shape index (κ1) is 17.0. The van der Waals surface area contributed by atoms with Gasteiger partial charge in [-0.15, -0.1) is 0 Å². The highest BCUT2D eigenvalue weighted by Gasteiger charge is 2.36. The van der Waals surface area contributed by atoms with Gasteiger partial charge in [0, 0.05) is 22.7 Å². The van der Waals surface area contributed by atoms with Crippen molar-refractivity contribution in [2.45, 2.75) is 18.9 Å². The Bertz CT molecular complexity index is 748. The molecule has 24 heavy (non-hydrogen) atoms. The summed E-state index contributed by atoms with van der Waals surface area (Å²) in [4.78, 5) is 29.1. The number of carbonyl (C=O) groups excluding carboxylic acids is 2. The van der Waals surface area contributed by atoms with Gasteiger partial charge in [-0.2, -0.15) is 0 Å². The van der Waals surface area contributed by atoms with Crippen LogP contribution in [0.1, 0.15) is 23.2 Å². The number of para-hydroxylation sites is 1. The number of amides is 2. The van der Waals surface area contributed by atoms with E-state index in [1.807, 2.05) is 42.5 Å². The maximum absolute atomic E-state index is 13.0. The van der Waals surface area contributed by atoms with Crippen LogP contribution in [0.25, 0.3) is 0 Å². The Hall–Kier alpha value is -1.89. The highest BCUT2D eigenvalue weighted by molar-refractivity contribution is 14.1. The molecule has 0 radical (unpaired) electrons. The Balaban J connectivity index is 1.81. The predicted molar refractivity (Wildman–Crippen MR) is 103 cm³/mol. The summed E-state index contributed by atoms with van der Waals surface area (Å²) >= 11 is 2.23. The van der Waals surface area contributed by atoms with E-state index in [2.05, 4.69) is 22.6 Å². The van der Waals surface area contributed by atoms with Gasteiger partial charge in [0.05, 0.1) is 5.69 Å². The molecule has 1 fully saturated rings. The van der Waals surface area contributed by atoms with Crippen LogP contribution in [0.15, 0.2) is 54.6 Å². The van der Waals surface area contributed by atoms with Crippen LogP contribution >= 0.6 is 22.6 Å². The highest BCUT2D eigenvalue weighted by atomic mass is 127. The third kappa shape index (κ3) is 3.31. The van der Waals surface area contributed by atoms with Gasteiger partial charge in [-0.05, 0) is 59.7 Å². The lowest BCUT2D eigenvalue weighted by atomic mass is 10.1. The lowest BCUT2D eigenvalue weighted by Gasteiger charge is -2.28. The number of halogens is 1. The zero-order valence-corrected chi connectivity index (χ0v) is 15.6. The maximum Gasteiger partial charge on any atom is 0.254 e. The Kier molecular flexibility index (Phi) is 5.18. The molecule has 2 aromatic rings. The molecule has 124 valence electrons. The lowest BCUT2D eigenvalue weighted by molar-refractivity contribution is -0.121. The summed E-state index contributed by atoms with van der Waals surface area (Å²) in [5.74, 6) is -0.0940. The van der Waals surface area contributed by atoms with Crippen LogP contribution in [0.3, 0.4) is 0 Å². The second-order valence-electron chi connectivity index (χ2n) is 5.87. The number of anilines is 1. The molecule has 1 saturated heterocycles. The van der Waals surface area contributed by atoms with Gasteiger partial charge < -0.3 is 9.80 Å². The van der Waals surface area contributed by atoms with Crippen LogP contribution in [0.2, 0.25) is 0 Å². The average Bonchev–Trinajstić information content (AvgIpc) is 3.10. The van der Waals surface area contributed by atoms with E-state index in [1.165, 1.54) is 0 Å². The minimum atomic E-state index is -0.390. The van der Waals surface area contributed by atoms with Gasteiger partial charge in [0.1, 0.15) is 6.04 Å². The third-order valence-electron chi connectivity index (χ3n) is 4.36. The van der Waals surface area contributed by atoms with E-state index in [0.717, 1.165) is 15.7 Å². The Labute approximate surface area is 155 Å². The molecule has 1 atom stereocenters. The van der Waals surface area contributed by atoms with Crippen LogP contribution in [0, 0.1) is 3.57 Å². The standard InChI is InChI=1S/C19H19IN2O2/c1-21(16-11-6-5-10-15(16)20)19(24)17-12-7-13-22(17)18(23)14-8-3-2-4-9-14/h2-6,8-11,17H,7,12-13H2,1H3/t17-/m0/s1. The van der Waals surface area contributed by atoms with Gasteiger partial charge in [-0.25, -0.2) is 0 Å². The second-order valence-corrected chi connectivity index (χ2v) is 7.03. The Morgan fingerprint density at radius 3 is 2.46 bits per heavy atom. The molecular weight excluding hydrogens is 415 g/mol. The third-order valence-corrected chi connectivity index (χ3v) is 5.28. The van der Waals surface area contributed by atoms with E-state index in [9.17, 15) is 9.59 Å². The van der Waals surface area contributed by atoms with E-state index in [-0.39, 0.29) is 11.8 Å². The smallest absolute Gasteiger partial charge is 0.254 e. The first-order chi connectivity index (χ1) is 11.6. The fourth-order valence-corrected chi connectivity index (χ4v) is 3.83. The van der Waals surface area contributed by atoms with Gasteiger partial charge in [-0.1, -0.05) is 30.3 Å². The van der Waals surface area contributed by atoms with Gasteiger partial charge in [-0.3, -0.25) is 9.59 Å². The quantitative estimate of drug-likeness (QED) is 0.694. The molecule has 2 aromatic carbocycles. The van der Waals surface area contributed by atoms with E-state index in [1.54, 1.807) is 29.0 Å². The van der Waals surface area contributed by atoms with Gasteiger partial charge in [0.15, 0.2) is 0 Å². The molecule has 0 spiro atoms. The number of hydrogen-bond donors (Lipinski definition) is 0. The van der Waals surface area contributed by atoms with E-state index in [4.69, 9.17) is 0 Å². The molecule has 0 bridgehead atoms. The van der Waals surface area contributed by atoms with Crippen molar-refractivity contribution in [3.05, 3.63) is 63.7 Å². The molecule has 0 aromatic heterocycles. The van der Waals surface area contributed by atoms with Crippen molar-refractivity contribution in [2.24, 2.45) is 0 Å². The minimum absolute atomic E-state index is 0.0269. The minimum Gasteiger partial charge on any atom is -0.327 e.